The number of hydrogen-bond acceptors (Lipinski definition) is 6. The van der Waals surface area contributed by atoms with Crippen molar-refractivity contribution in [3.63, 3.8) is 0 Å². The van der Waals surface area contributed by atoms with Gasteiger partial charge in [-0.2, -0.15) is 0 Å². The minimum absolute atomic E-state index is 0.445. The Hall–Kier alpha value is -1.93. The molecule has 5 nitrogen and oxygen atoms in total. The topological polar surface area (TPSA) is 67.3 Å². The summed E-state index contributed by atoms with van der Waals surface area (Å²) in [5, 5.41) is 13.2. The summed E-state index contributed by atoms with van der Waals surface area (Å²) in [7, 11) is -0.807. The van der Waals surface area contributed by atoms with Gasteiger partial charge in [0, 0.05) is 17.8 Å². The minimum atomic E-state index is -0.807. The minimum Gasteiger partial charge on any atom is -0.423 e. The molecule has 0 unspecified atom stereocenters. The Balaban J connectivity index is 1.60. The Kier molecular flexibility index (Phi) is 5.19. The van der Waals surface area contributed by atoms with E-state index in [1.54, 1.807) is 0 Å². The molecule has 0 radical (unpaired) electrons. The van der Waals surface area contributed by atoms with Gasteiger partial charge in [0.05, 0.1) is 15.8 Å². The average Bonchev–Trinajstić information content (AvgIpc) is 3.25. The molecular weight excluding hydrogens is 381 g/mol. The fourth-order valence-electron chi connectivity index (χ4n) is 3.29. The first-order chi connectivity index (χ1) is 13.0. The van der Waals surface area contributed by atoms with Gasteiger partial charge in [0.25, 0.3) is 0 Å². The third-order valence-electron chi connectivity index (χ3n) is 4.69. The number of fused-ring (bicyclic) bond motifs is 1. The van der Waals surface area contributed by atoms with E-state index in [9.17, 15) is 5.02 Å². The van der Waals surface area contributed by atoms with Crippen LogP contribution in [0.2, 0.25) is 4.34 Å². The first kappa shape index (κ1) is 18.4. The molecule has 0 saturated heterocycles. The Morgan fingerprint density at radius 1 is 1.30 bits per heavy atom. The number of halogens is 1. The van der Waals surface area contributed by atoms with Gasteiger partial charge in [-0.05, 0) is 42.1 Å². The monoisotopic (exact) mass is 399 g/mol. The predicted molar refractivity (Wildman–Crippen MR) is 111 cm³/mol. The van der Waals surface area contributed by atoms with E-state index in [1.165, 1.54) is 11.3 Å². The molecule has 0 fully saturated rings. The maximum atomic E-state index is 9.76. The molecule has 0 bridgehead atoms. The Morgan fingerprint density at radius 3 is 2.89 bits per heavy atom. The summed E-state index contributed by atoms with van der Waals surface area (Å²) < 4.78 is 5.99. The molecular formula is C19H19BClN3O2S. The van der Waals surface area contributed by atoms with Crippen LogP contribution in [0.5, 0.6) is 0 Å². The van der Waals surface area contributed by atoms with E-state index in [1.807, 2.05) is 31.2 Å². The number of aromatic nitrogens is 2. The van der Waals surface area contributed by atoms with Gasteiger partial charge < -0.3 is 15.0 Å². The highest BCUT2D eigenvalue weighted by Gasteiger charge is 2.26. The largest absolute Gasteiger partial charge is 0.491 e. The summed E-state index contributed by atoms with van der Waals surface area (Å²) in [5.41, 5.74) is 5.08. The molecule has 1 aliphatic heterocycles. The molecule has 27 heavy (non-hydrogen) atoms. The van der Waals surface area contributed by atoms with Crippen LogP contribution in [-0.4, -0.2) is 22.1 Å². The number of nitrogens with zero attached hydrogens (tertiary/aromatic N) is 2. The van der Waals surface area contributed by atoms with Gasteiger partial charge in [-0.15, -0.1) is 11.3 Å². The predicted octanol–water partition coefficient (Wildman–Crippen LogP) is 3.56. The second-order valence-electron chi connectivity index (χ2n) is 6.47. The zero-order valence-electron chi connectivity index (χ0n) is 15.1. The van der Waals surface area contributed by atoms with E-state index in [4.69, 9.17) is 21.2 Å². The number of nitrogens with one attached hydrogen (secondary N) is 1. The number of anilines is 1. The quantitative estimate of drug-likeness (QED) is 0.642. The first-order valence-corrected chi connectivity index (χ1v) is 10.0. The molecule has 0 saturated carbocycles. The van der Waals surface area contributed by atoms with Gasteiger partial charge >= 0.3 is 7.12 Å². The Bertz CT molecular complexity index is 995. The average molecular weight is 400 g/mol. The van der Waals surface area contributed by atoms with E-state index in [0.29, 0.717) is 19.0 Å². The highest BCUT2D eigenvalue weighted by Crippen LogP contribution is 2.31. The molecule has 1 aromatic carbocycles. The molecule has 0 aliphatic carbocycles. The zero-order chi connectivity index (χ0) is 19.0. The van der Waals surface area contributed by atoms with Gasteiger partial charge in [-0.1, -0.05) is 36.7 Å². The summed E-state index contributed by atoms with van der Waals surface area (Å²) in [6.45, 7) is 5.20. The van der Waals surface area contributed by atoms with E-state index < -0.39 is 7.12 Å². The van der Waals surface area contributed by atoms with Crippen LogP contribution in [0.4, 0.5) is 5.82 Å². The van der Waals surface area contributed by atoms with E-state index in [2.05, 4.69) is 23.3 Å². The van der Waals surface area contributed by atoms with Crippen LogP contribution >= 0.6 is 22.9 Å². The summed E-state index contributed by atoms with van der Waals surface area (Å²) in [4.78, 5) is 10.4. The lowest BCUT2D eigenvalue weighted by Gasteiger charge is -2.14. The number of hydrogen-bond donors (Lipinski definition) is 2. The van der Waals surface area contributed by atoms with Crippen molar-refractivity contribution in [2.24, 2.45) is 0 Å². The third kappa shape index (κ3) is 3.73. The lowest BCUT2D eigenvalue weighted by Crippen LogP contribution is -2.27. The van der Waals surface area contributed by atoms with Crippen molar-refractivity contribution in [3.05, 3.63) is 57.1 Å². The molecule has 3 heterocycles. The number of thiophene rings is 1. The van der Waals surface area contributed by atoms with Crippen molar-refractivity contribution in [1.29, 1.82) is 0 Å². The van der Waals surface area contributed by atoms with Gasteiger partial charge in [-0.25, -0.2) is 9.97 Å². The van der Waals surface area contributed by atoms with Gasteiger partial charge in [0.2, 0.25) is 0 Å². The number of aryl methyl sites for hydroxylation is 1. The van der Waals surface area contributed by atoms with Crippen molar-refractivity contribution in [2.45, 2.75) is 33.4 Å². The number of benzene rings is 1. The summed E-state index contributed by atoms with van der Waals surface area (Å²) in [6.07, 6.45) is 0.851. The van der Waals surface area contributed by atoms with Crippen LogP contribution in [0, 0.1) is 6.92 Å². The van der Waals surface area contributed by atoms with Crippen molar-refractivity contribution in [1.82, 2.24) is 9.97 Å². The molecule has 1 aliphatic rings. The summed E-state index contributed by atoms with van der Waals surface area (Å²) in [5.74, 6) is 1.54. The molecule has 0 atom stereocenters. The second kappa shape index (κ2) is 7.60. The molecule has 2 N–H and O–H groups in total. The molecule has 0 amide bonds. The van der Waals surface area contributed by atoms with Crippen molar-refractivity contribution in [3.8, 4) is 10.7 Å². The normalized spacial score (nSPS) is 13.1. The van der Waals surface area contributed by atoms with Crippen LogP contribution < -0.4 is 10.8 Å². The van der Waals surface area contributed by atoms with Gasteiger partial charge in [0.1, 0.15) is 5.82 Å². The van der Waals surface area contributed by atoms with Crippen molar-refractivity contribution >= 4 is 41.3 Å². The smallest absolute Gasteiger partial charge is 0.423 e. The standard InChI is InChI=1S/C19H19BClN3O2S/c1-3-14-11(2)23-19(16-6-7-17(21)27-16)24-18(14)22-9-12-4-5-15-13(8-12)10-26-20(15)25/h4-8,25H,3,9-10H2,1-2H3,(H,22,23,24). The lowest BCUT2D eigenvalue weighted by atomic mass is 9.79. The lowest BCUT2D eigenvalue weighted by molar-refractivity contribution is 0.275. The van der Waals surface area contributed by atoms with E-state index in [-0.39, 0.29) is 0 Å². The molecule has 138 valence electrons. The van der Waals surface area contributed by atoms with E-state index >= 15 is 0 Å². The highest BCUT2D eigenvalue weighted by molar-refractivity contribution is 7.19. The number of rotatable bonds is 5. The second-order valence-corrected chi connectivity index (χ2v) is 8.18. The SMILES string of the molecule is CCc1c(C)nc(-c2ccc(Cl)s2)nc1NCc1ccc2c(c1)COB2O. The molecule has 2 aromatic heterocycles. The van der Waals surface area contributed by atoms with Crippen LogP contribution in [0.3, 0.4) is 0 Å². The highest BCUT2D eigenvalue weighted by atomic mass is 35.5. The maximum absolute atomic E-state index is 9.76. The van der Waals surface area contributed by atoms with E-state index in [0.717, 1.165) is 49.3 Å². The van der Waals surface area contributed by atoms with Crippen molar-refractivity contribution in [2.75, 3.05) is 5.32 Å². The van der Waals surface area contributed by atoms with Gasteiger partial charge in [0.15, 0.2) is 5.82 Å². The molecule has 3 aromatic rings. The molecule has 4 rings (SSSR count). The van der Waals surface area contributed by atoms with Crippen LogP contribution in [0.1, 0.15) is 29.3 Å². The maximum Gasteiger partial charge on any atom is 0.491 e. The van der Waals surface area contributed by atoms with Crippen molar-refractivity contribution < 1.29 is 9.68 Å². The summed E-state index contributed by atoms with van der Waals surface area (Å²) in [6, 6.07) is 9.81. The Labute approximate surface area is 167 Å². The molecule has 0 spiro atoms. The zero-order valence-corrected chi connectivity index (χ0v) is 16.7. The fourth-order valence-corrected chi connectivity index (χ4v) is 4.27. The van der Waals surface area contributed by atoms with Crippen LogP contribution in [0.15, 0.2) is 30.3 Å². The summed E-state index contributed by atoms with van der Waals surface area (Å²) >= 11 is 7.54. The van der Waals surface area contributed by atoms with Crippen LogP contribution in [-0.2, 0) is 24.2 Å². The van der Waals surface area contributed by atoms with Crippen LogP contribution in [0.25, 0.3) is 10.7 Å². The molecule has 8 heteroatoms. The third-order valence-corrected chi connectivity index (χ3v) is 5.92. The Morgan fingerprint density at radius 2 is 2.15 bits per heavy atom. The first-order valence-electron chi connectivity index (χ1n) is 8.83. The fraction of sp³-hybridized carbons (Fsp3) is 0.263. The van der Waals surface area contributed by atoms with Gasteiger partial charge in [-0.3, -0.25) is 0 Å².